The van der Waals surface area contributed by atoms with Gasteiger partial charge in [0.15, 0.2) is 0 Å². The molecule has 0 saturated heterocycles. The van der Waals surface area contributed by atoms with Gasteiger partial charge in [-0.1, -0.05) is 30.4 Å². The van der Waals surface area contributed by atoms with E-state index in [2.05, 4.69) is 49.5 Å². The third-order valence-electron chi connectivity index (χ3n) is 3.17. The van der Waals surface area contributed by atoms with Crippen molar-refractivity contribution >= 4 is 0 Å². The van der Waals surface area contributed by atoms with Crippen molar-refractivity contribution in [2.45, 2.75) is 39.3 Å². The number of hydrogen-bond donors (Lipinski definition) is 1. The van der Waals surface area contributed by atoms with Crippen LogP contribution in [0.2, 0.25) is 0 Å². The molecule has 0 aromatic heterocycles. The molecule has 0 aliphatic heterocycles. The van der Waals surface area contributed by atoms with E-state index in [0.29, 0.717) is 6.04 Å². The summed E-state index contributed by atoms with van der Waals surface area (Å²) in [6.07, 6.45) is 6.89. The van der Waals surface area contributed by atoms with Crippen molar-refractivity contribution in [3.63, 3.8) is 0 Å². The smallest absolute Gasteiger partial charge is 0.0208 e. The average molecular weight is 201 g/mol. The minimum atomic E-state index is 0.659. The first-order valence-corrected chi connectivity index (χ1v) is 5.70. The average Bonchev–Trinajstić information content (AvgIpc) is 2.73. The Balaban J connectivity index is 1.90. The van der Waals surface area contributed by atoms with Crippen molar-refractivity contribution in [3.8, 4) is 0 Å². The van der Waals surface area contributed by atoms with Gasteiger partial charge in [-0.25, -0.2) is 0 Å². The fraction of sp³-hybridized carbons (Fsp3) is 0.429. The molecule has 1 aliphatic carbocycles. The van der Waals surface area contributed by atoms with E-state index in [1.165, 1.54) is 29.5 Å². The summed E-state index contributed by atoms with van der Waals surface area (Å²) in [7, 11) is 0. The lowest BCUT2D eigenvalue weighted by atomic mass is 10.1. The van der Waals surface area contributed by atoms with Gasteiger partial charge in [-0.3, -0.25) is 0 Å². The third-order valence-corrected chi connectivity index (χ3v) is 3.17. The molecule has 1 aromatic rings. The largest absolute Gasteiger partial charge is 0.309 e. The second-order valence-corrected chi connectivity index (χ2v) is 4.44. The van der Waals surface area contributed by atoms with Crippen LogP contribution in [0.3, 0.4) is 0 Å². The molecule has 15 heavy (non-hydrogen) atoms. The molecule has 1 heteroatoms. The Hall–Kier alpha value is -1.08. The van der Waals surface area contributed by atoms with Crippen molar-refractivity contribution in [2.75, 3.05) is 0 Å². The van der Waals surface area contributed by atoms with E-state index in [9.17, 15) is 0 Å². The molecule has 1 aliphatic rings. The van der Waals surface area contributed by atoms with Crippen molar-refractivity contribution in [1.29, 1.82) is 0 Å². The first-order valence-electron chi connectivity index (χ1n) is 5.70. The second-order valence-electron chi connectivity index (χ2n) is 4.44. The van der Waals surface area contributed by atoms with Gasteiger partial charge in [-0.05, 0) is 43.4 Å². The van der Waals surface area contributed by atoms with Crippen LogP contribution in [0.15, 0.2) is 30.4 Å². The highest BCUT2D eigenvalue weighted by atomic mass is 14.9. The predicted octanol–water partition coefficient (Wildman–Crippen LogP) is 3.11. The van der Waals surface area contributed by atoms with Gasteiger partial charge < -0.3 is 5.32 Å². The quantitative estimate of drug-likeness (QED) is 0.741. The van der Waals surface area contributed by atoms with E-state index in [0.717, 1.165) is 6.54 Å². The first kappa shape index (κ1) is 10.4. The van der Waals surface area contributed by atoms with Gasteiger partial charge in [0.25, 0.3) is 0 Å². The van der Waals surface area contributed by atoms with Crippen LogP contribution in [0.1, 0.15) is 29.5 Å². The molecule has 0 heterocycles. The molecular weight excluding hydrogens is 182 g/mol. The fourth-order valence-corrected chi connectivity index (χ4v) is 1.96. The molecule has 1 N–H and O–H groups in total. The molecule has 1 aromatic carbocycles. The Kier molecular flexibility index (Phi) is 3.22. The number of benzene rings is 1. The van der Waals surface area contributed by atoms with Crippen molar-refractivity contribution in [2.24, 2.45) is 0 Å². The maximum atomic E-state index is 3.58. The molecular formula is C14H19N. The van der Waals surface area contributed by atoms with Crippen molar-refractivity contribution < 1.29 is 0 Å². The second kappa shape index (κ2) is 4.63. The zero-order valence-corrected chi connectivity index (χ0v) is 9.59. The van der Waals surface area contributed by atoms with Crippen molar-refractivity contribution in [1.82, 2.24) is 5.32 Å². The number of hydrogen-bond acceptors (Lipinski definition) is 1. The van der Waals surface area contributed by atoms with E-state index in [1.807, 2.05) is 0 Å². The van der Waals surface area contributed by atoms with E-state index in [4.69, 9.17) is 0 Å². The Morgan fingerprint density at radius 3 is 2.53 bits per heavy atom. The molecule has 0 atom stereocenters. The van der Waals surface area contributed by atoms with Crippen LogP contribution in [0.25, 0.3) is 0 Å². The Morgan fingerprint density at radius 1 is 1.13 bits per heavy atom. The van der Waals surface area contributed by atoms with Gasteiger partial charge in [0.1, 0.15) is 0 Å². The lowest BCUT2D eigenvalue weighted by Crippen LogP contribution is -2.25. The third kappa shape index (κ3) is 2.69. The zero-order valence-electron chi connectivity index (χ0n) is 9.59. The van der Waals surface area contributed by atoms with E-state index in [-0.39, 0.29) is 0 Å². The highest BCUT2D eigenvalue weighted by Gasteiger charge is 2.08. The number of rotatable bonds is 3. The predicted molar refractivity (Wildman–Crippen MR) is 64.9 cm³/mol. The van der Waals surface area contributed by atoms with Crippen LogP contribution in [0.4, 0.5) is 0 Å². The van der Waals surface area contributed by atoms with Crippen LogP contribution in [0, 0.1) is 13.8 Å². The zero-order chi connectivity index (χ0) is 10.7. The molecule has 1 nitrogen and oxygen atoms in total. The van der Waals surface area contributed by atoms with Gasteiger partial charge in [0.05, 0.1) is 0 Å². The monoisotopic (exact) mass is 201 g/mol. The fourth-order valence-electron chi connectivity index (χ4n) is 1.96. The molecule has 0 fully saturated rings. The molecule has 0 saturated carbocycles. The van der Waals surface area contributed by atoms with Crippen LogP contribution in [-0.4, -0.2) is 6.04 Å². The summed E-state index contributed by atoms with van der Waals surface area (Å²) in [5.74, 6) is 0. The minimum absolute atomic E-state index is 0.659. The summed E-state index contributed by atoms with van der Waals surface area (Å²) >= 11 is 0. The minimum Gasteiger partial charge on any atom is -0.309 e. The maximum absolute atomic E-state index is 3.58. The summed E-state index contributed by atoms with van der Waals surface area (Å²) in [6.45, 7) is 5.33. The van der Waals surface area contributed by atoms with Crippen LogP contribution >= 0.6 is 0 Å². The summed E-state index contributed by atoms with van der Waals surface area (Å²) in [4.78, 5) is 0. The van der Waals surface area contributed by atoms with E-state index >= 15 is 0 Å². The molecule has 0 unspecified atom stereocenters. The van der Waals surface area contributed by atoms with Gasteiger partial charge in [-0.2, -0.15) is 0 Å². The van der Waals surface area contributed by atoms with Gasteiger partial charge in [0.2, 0.25) is 0 Å². The Morgan fingerprint density at radius 2 is 1.87 bits per heavy atom. The number of nitrogens with one attached hydrogen (secondary N) is 1. The Bertz CT molecular complexity index is 358. The van der Waals surface area contributed by atoms with E-state index < -0.39 is 0 Å². The van der Waals surface area contributed by atoms with Crippen LogP contribution < -0.4 is 5.32 Å². The van der Waals surface area contributed by atoms with Gasteiger partial charge >= 0.3 is 0 Å². The van der Waals surface area contributed by atoms with E-state index in [1.54, 1.807) is 0 Å². The normalized spacial score (nSPS) is 16.1. The highest BCUT2D eigenvalue weighted by Crippen LogP contribution is 2.12. The Labute approximate surface area is 92.2 Å². The highest BCUT2D eigenvalue weighted by molar-refractivity contribution is 5.29. The summed E-state index contributed by atoms with van der Waals surface area (Å²) in [6, 6.07) is 7.37. The topological polar surface area (TPSA) is 12.0 Å². The summed E-state index contributed by atoms with van der Waals surface area (Å²) < 4.78 is 0. The summed E-state index contributed by atoms with van der Waals surface area (Å²) in [5, 5.41) is 3.58. The number of aryl methyl sites for hydroxylation is 2. The van der Waals surface area contributed by atoms with Crippen molar-refractivity contribution in [3.05, 3.63) is 47.0 Å². The molecule has 0 amide bonds. The van der Waals surface area contributed by atoms with Gasteiger partial charge in [0, 0.05) is 12.6 Å². The van der Waals surface area contributed by atoms with Crippen LogP contribution in [0.5, 0.6) is 0 Å². The molecule has 0 bridgehead atoms. The lowest BCUT2D eigenvalue weighted by Gasteiger charge is -2.12. The van der Waals surface area contributed by atoms with Crippen LogP contribution in [-0.2, 0) is 6.54 Å². The summed E-state index contributed by atoms with van der Waals surface area (Å²) in [5.41, 5.74) is 4.16. The first-order chi connectivity index (χ1) is 7.25. The lowest BCUT2D eigenvalue weighted by molar-refractivity contribution is 0.538. The van der Waals surface area contributed by atoms with Gasteiger partial charge in [-0.15, -0.1) is 0 Å². The molecule has 0 spiro atoms. The SMILES string of the molecule is Cc1ccc(CNC2CC=CC2)cc1C. The maximum Gasteiger partial charge on any atom is 0.0208 e. The molecule has 0 radical (unpaired) electrons. The standard InChI is InChI=1S/C14H19N/c1-11-7-8-13(9-12(11)2)10-15-14-5-3-4-6-14/h3-4,7-9,14-15H,5-6,10H2,1-2H3. The molecule has 80 valence electrons. The molecule has 2 rings (SSSR count).